The second kappa shape index (κ2) is 7.63. The van der Waals surface area contributed by atoms with Crippen LogP contribution in [0.15, 0.2) is 0 Å². The van der Waals surface area contributed by atoms with Crippen molar-refractivity contribution < 1.29 is 55.1 Å². The quantitative estimate of drug-likeness (QED) is 0.243. The summed E-state index contributed by atoms with van der Waals surface area (Å²) < 4.78 is 15.1. The van der Waals surface area contributed by atoms with E-state index in [1.54, 1.807) is 0 Å². The maximum atomic E-state index is 9.94. The van der Waals surface area contributed by atoms with E-state index in [2.05, 4.69) is 0 Å². The van der Waals surface area contributed by atoms with Crippen molar-refractivity contribution in [2.24, 2.45) is 0 Å². The molecule has 2 aliphatic rings. The molecule has 0 unspecified atom stereocenters. The van der Waals surface area contributed by atoms with Crippen LogP contribution in [0.25, 0.3) is 0 Å². The first-order chi connectivity index (χ1) is 10.8. The van der Waals surface area contributed by atoms with E-state index in [0.717, 1.165) is 0 Å². The molecule has 8 N–H and O–H groups in total. The molecule has 0 aromatic rings. The van der Waals surface area contributed by atoms with Crippen LogP contribution in [0.3, 0.4) is 0 Å². The molecule has 2 fully saturated rings. The SMILES string of the molecule is OC[C@H]1O[C@@H](O[C@H]2[C@H](O)[C@H](O)[C@@H](CO)O[C@@H]2O)[C@H](O)[C@H](O)[C@H]1O. The van der Waals surface area contributed by atoms with E-state index in [-0.39, 0.29) is 0 Å². The summed E-state index contributed by atoms with van der Waals surface area (Å²) in [4.78, 5) is 0. The van der Waals surface area contributed by atoms with Gasteiger partial charge in [0.05, 0.1) is 13.2 Å². The third-order valence-corrected chi connectivity index (χ3v) is 3.98. The van der Waals surface area contributed by atoms with Gasteiger partial charge in [-0.15, -0.1) is 0 Å². The second-order valence-corrected chi connectivity index (χ2v) is 5.53. The van der Waals surface area contributed by atoms with Crippen LogP contribution in [0.4, 0.5) is 0 Å². The Labute approximate surface area is 130 Å². The summed E-state index contributed by atoms with van der Waals surface area (Å²) in [7, 11) is 0. The van der Waals surface area contributed by atoms with Gasteiger partial charge in [0.25, 0.3) is 0 Å². The fourth-order valence-corrected chi connectivity index (χ4v) is 2.55. The van der Waals surface area contributed by atoms with Crippen LogP contribution in [-0.2, 0) is 14.2 Å². The average Bonchev–Trinajstić information content (AvgIpc) is 2.54. The van der Waals surface area contributed by atoms with Crippen molar-refractivity contribution in [1.82, 2.24) is 0 Å². The first kappa shape index (κ1) is 18.9. The summed E-state index contributed by atoms with van der Waals surface area (Å²) in [5, 5.41) is 76.7. The Morgan fingerprint density at radius 2 is 1.17 bits per heavy atom. The van der Waals surface area contributed by atoms with Gasteiger partial charge in [-0.05, 0) is 0 Å². The highest BCUT2D eigenvalue weighted by Crippen LogP contribution is 2.28. The van der Waals surface area contributed by atoms with Crippen molar-refractivity contribution in [1.29, 1.82) is 0 Å². The molecular weight excluding hydrogens is 320 g/mol. The molecule has 136 valence electrons. The predicted molar refractivity (Wildman–Crippen MR) is 68.6 cm³/mol. The summed E-state index contributed by atoms with van der Waals surface area (Å²) in [6.45, 7) is -1.33. The topological polar surface area (TPSA) is 190 Å². The minimum absolute atomic E-state index is 0.651. The lowest BCUT2D eigenvalue weighted by Gasteiger charge is -2.44. The first-order valence-corrected chi connectivity index (χ1v) is 7.08. The molecule has 0 aromatic carbocycles. The zero-order chi connectivity index (χ0) is 17.3. The minimum Gasteiger partial charge on any atom is -0.394 e. The highest BCUT2D eigenvalue weighted by Gasteiger charge is 2.50. The molecule has 2 aliphatic heterocycles. The fourth-order valence-electron chi connectivity index (χ4n) is 2.55. The van der Waals surface area contributed by atoms with Gasteiger partial charge in [0.15, 0.2) is 12.6 Å². The van der Waals surface area contributed by atoms with Crippen LogP contribution < -0.4 is 0 Å². The maximum absolute atomic E-state index is 9.94. The Kier molecular flexibility index (Phi) is 6.27. The zero-order valence-electron chi connectivity index (χ0n) is 12.0. The molecule has 0 spiro atoms. The van der Waals surface area contributed by atoms with Crippen molar-refractivity contribution in [2.75, 3.05) is 13.2 Å². The molecule has 0 bridgehead atoms. The van der Waals surface area contributed by atoms with Crippen LogP contribution in [0.5, 0.6) is 0 Å². The molecular formula is C12H22O11. The lowest BCUT2D eigenvalue weighted by molar-refractivity contribution is -0.361. The van der Waals surface area contributed by atoms with E-state index < -0.39 is 74.6 Å². The van der Waals surface area contributed by atoms with Gasteiger partial charge in [0.1, 0.15) is 48.8 Å². The third-order valence-electron chi connectivity index (χ3n) is 3.98. The van der Waals surface area contributed by atoms with Crippen molar-refractivity contribution in [3.05, 3.63) is 0 Å². The summed E-state index contributed by atoms with van der Waals surface area (Å²) in [6.07, 6.45) is -15.6. The van der Waals surface area contributed by atoms with E-state index in [4.69, 9.17) is 24.4 Å². The Bertz CT molecular complexity index is 380. The Hall–Kier alpha value is -0.440. The molecule has 0 radical (unpaired) electrons. The largest absolute Gasteiger partial charge is 0.394 e. The molecule has 10 atom stereocenters. The molecule has 11 nitrogen and oxygen atoms in total. The number of rotatable bonds is 4. The number of hydrogen-bond acceptors (Lipinski definition) is 11. The molecule has 11 heteroatoms. The summed E-state index contributed by atoms with van der Waals surface area (Å²) >= 11 is 0. The fraction of sp³-hybridized carbons (Fsp3) is 1.00. The van der Waals surface area contributed by atoms with Crippen LogP contribution in [0.2, 0.25) is 0 Å². The van der Waals surface area contributed by atoms with Gasteiger partial charge < -0.3 is 55.1 Å². The van der Waals surface area contributed by atoms with Gasteiger partial charge in [0, 0.05) is 0 Å². The van der Waals surface area contributed by atoms with Gasteiger partial charge in [0.2, 0.25) is 0 Å². The standard InChI is InChI=1S/C12H22O11/c13-1-3-6(16)8(18)10(11(20)21-3)23-12-9(19)7(17)5(15)4(2-14)22-12/h3-20H,1-2H2/t3-,4-,5+,6-,7-,8-,9-,10+,11+,12+/m1/s1. The predicted octanol–water partition coefficient (Wildman–Crippen LogP) is -5.40. The smallest absolute Gasteiger partial charge is 0.187 e. The molecule has 2 saturated heterocycles. The van der Waals surface area contributed by atoms with Crippen molar-refractivity contribution in [3.63, 3.8) is 0 Å². The summed E-state index contributed by atoms with van der Waals surface area (Å²) in [6, 6.07) is 0. The summed E-state index contributed by atoms with van der Waals surface area (Å²) in [5.41, 5.74) is 0. The Morgan fingerprint density at radius 1 is 0.652 bits per heavy atom. The Morgan fingerprint density at radius 3 is 1.74 bits per heavy atom. The molecule has 23 heavy (non-hydrogen) atoms. The van der Waals surface area contributed by atoms with E-state index >= 15 is 0 Å². The van der Waals surface area contributed by atoms with Crippen LogP contribution in [0, 0.1) is 0 Å². The van der Waals surface area contributed by atoms with Crippen molar-refractivity contribution in [2.45, 2.75) is 61.4 Å². The van der Waals surface area contributed by atoms with Gasteiger partial charge in [-0.2, -0.15) is 0 Å². The number of ether oxygens (including phenoxy) is 3. The number of hydrogen-bond donors (Lipinski definition) is 8. The number of aliphatic hydroxyl groups excluding tert-OH is 8. The number of aliphatic hydroxyl groups is 8. The normalized spacial score (nSPS) is 51.7. The van der Waals surface area contributed by atoms with Crippen LogP contribution in [0.1, 0.15) is 0 Å². The van der Waals surface area contributed by atoms with Crippen molar-refractivity contribution in [3.8, 4) is 0 Å². The van der Waals surface area contributed by atoms with Gasteiger partial charge in [-0.3, -0.25) is 0 Å². The van der Waals surface area contributed by atoms with Crippen molar-refractivity contribution >= 4 is 0 Å². The lowest BCUT2D eigenvalue weighted by atomic mass is 9.97. The van der Waals surface area contributed by atoms with E-state index in [0.29, 0.717) is 0 Å². The minimum atomic E-state index is -1.75. The first-order valence-electron chi connectivity index (χ1n) is 7.08. The highest BCUT2D eigenvalue weighted by atomic mass is 16.7. The molecule has 0 amide bonds. The van der Waals surface area contributed by atoms with E-state index in [1.807, 2.05) is 0 Å². The molecule has 0 aliphatic carbocycles. The molecule has 0 saturated carbocycles. The Balaban J connectivity index is 2.08. The third kappa shape index (κ3) is 3.65. The van der Waals surface area contributed by atoms with E-state index in [1.165, 1.54) is 0 Å². The second-order valence-electron chi connectivity index (χ2n) is 5.53. The van der Waals surface area contributed by atoms with Crippen LogP contribution in [-0.4, -0.2) is 115 Å². The average molecular weight is 342 g/mol. The van der Waals surface area contributed by atoms with Gasteiger partial charge >= 0.3 is 0 Å². The lowest BCUT2D eigenvalue weighted by Crippen LogP contribution is -2.64. The molecule has 0 aromatic heterocycles. The van der Waals surface area contributed by atoms with E-state index in [9.17, 15) is 30.6 Å². The highest BCUT2D eigenvalue weighted by molar-refractivity contribution is 4.93. The van der Waals surface area contributed by atoms with Crippen LogP contribution >= 0.6 is 0 Å². The molecule has 2 rings (SSSR count). The maximum Gasteiger partial charge on any atom is 0.187 e. The monoisotopic (exact) mass is 342 g/mol. The van der Waals surface area contributed by atoms with Gasteiger partial charge in [-0.25, -0.2) is 0 Å². The molecule has 2 heterocycles. The summed E-state index contributed by atoms with van der Waals surface area (Å²) in [5.74, 6) is 0. The zero-order valence-corrected chi connectivity index (χ0v) is 12.0. The van der Waals surface area contributed by atoms with Gasteiger partial charge in [-0.1, -0.05) is 0 Å².